The second kappa shape index (κ2) is 15.1. The molecule has 2 aliphatic heterocycles. The van der Waals surface area contributed by atoms with Crippen molar-refractivity contribution in [1.29, 1.82) is 0 Å². The first kappa shape index (κ1) is 28.3. The van der Waals surface area contributed by atoms with Crippen molar-refractivity contribution in [3.63, 3.8) is 0 Å². The molecule has 1 aromatic carbocycles. The molecule has 3 rings (SSSR count). The van der Waals surface area contributed by atoms with Crippen LogP contribution in [0.4, 0.5) is 5.69 Å². The number of hydrogen-bond acceptors (Lipinski definition) is 4. The van der Waals surface area contributed by atoms with Gasteiger partial charge >= 0.3 is 0 Å². The molecule has 5 nitrogen and oxygen atoms in total. The predicted octanol–water partition coefficient (Wildman–Crippen LogP) is 3.42. The third-order valence-corrected chi connectivity index (χ3v) is 5.56. The number of rotatable bonds is 8. The van der Waals surface area contributed by atoms with E-state index < -0.39 is 0 Å². The topological polar surface area (TPSA) is 47.6 Å². The quantitative estimate of drug-likeness (QED) is 0.575. The first-order chi connectivity index (χ1) is 12.7. The van der Waals surface area contributed by atoms with Crippen LogP contribution >= 0.6 is 37.2 Å². The van der Waals surface area contributed by atoms with Crippen LogP contribution in [0.2, 0.25) is 0 Å². The molecular weight excluding hydrogens is 431 g/mol. The van der Waals surface area contributed by atoms with E-state index in [1.807, 2.05) is 0 Å². The van der Waals surface area contributed by atoms with E-state index in [4.69, 9.17) is 0 Å². The number of nitrogens with one attached hydrogen (secondary N) is 2. The Labute approximate surface area is 194 Å². The van der Waals surface area contributed by atoms with Gasteiger partial charge in [0.25, 0.3) is 0 Å². The van der Waals surface area contributed by atoms with E-state index in [1.165, 1.54) is 17.7 Å². The molecule has 0 aromatic heterocycles. The molecule has 2 fully saturated rings. The number of carbonyl (C=O) groups excluding carboxylic acids is 1. The fourth-order valence-electron chi connectivity index (χ4n) is 3.97. The Kier molecular flexibility index (Phi) is 14.8. The van der Waals surface area contributed by atoms with Crippen LogP contribution in [0.3, 0.4) is 0 Å². The predicted molar refractivity (Wildman–Crippen MR) is 129 cm³/mol. The zero-order chi connectivity index (χ0) is 18.2. The van der Waals surface area contributed by atoms with Gasteiger partial charge in [0.05, 0.1) is 0 Å². The second-order valence-electron chi connectivity index (χ2n) is 7.72. The van der Waals surface area contributed by atoms with Crippen LogP contribution in [-0.2, 0) is 4.79 Å². The molecule has 2 saturated heterocycles. The van der Waals surface area contributed by atoms with Gasteiger partial charge in [-0.3, -0.25) is 9.69 Å². The summed E-state index contributed by atoms with van der Waals surface area (Å²) in [5.41, 5.74) is 2.68. The molecule has 1 unspecified atom stereocenters. The maximum atomic E-state index is 11.9. The summed E-state index contributed by atoms with van der Waals surface area (Å²) in [4.78, 5) is 16.9. The van der Waals surface area contributed by atoms with Crippen LogP contribution < -0.4 is 15.5 Å². The highest BCUT2D eigenvalue weighted by Gasteiger charge is 2.18. The third kappa shape index (κ3) is 9.75. The van der Waals surface area contributed by atoms with Crippen LogP contribution in [0.25, 0.3) is 0 Å². The molecule has 0 aliphatic carbocycles. The highest BCUT2D eigenvalue weighted by molar-refractivity contribution is 5.86. The van der Waals surface area contributed by atoms with Gasteiger partial charge in [0, 0.05) is 50.9 Å². The summed E-state index contributed by atoms with van der Waals surface area (Å²) in [5, 5.41) is 6.45. The normalized spacial score (nSPS) is 18.9. The lowest BCUT2D eigenvalue weighted by molar-refractivity contribution is -0.121. The van der Waals surface area contributed by atoms with Crippen LogP contribution in [0.15, 0.2) is 24.3 Å². The Morgan fingerprint density at radius 2 is 1.90 bits per heavy atom. The molecule has 8 heteroatoms. The molecule has 29 heavy (non-hydrogen) atoms. The number of unbranched alkanes of at least 4 members (excludes halogenated alkanes) is 1. The lowest BCUT2D eigenvalue weighted by Crippen LogP contribution is -2.46. The molecule has 2 N–H and O–H groups in total. The van der Waals surface area contributed by atoms with Gasteiger partial charge in [-0.05, 0) is 63.4 Å². The van der Waals surface area contributed by atoms with Gasteiger partial charge in [0.15, 0.2) is 0 Å². The van der Waals surface area contributed by atoms with E-state index in [0.717, 1.165) is 65.1 Å². The Morgan fingerprint density at radius 3 is 2.55 bits per heavy atom. The number of aryl methyl sites for hydroxylation is 1. The lowest BCUT2D eigenvalue weighted by Gasteiger charge is -2.36. The number of hydrogen-bond donors (Lipinski definition) is 2. The minimum Gasteiger partial charge on any atom is -0.369 e. The van der Waals surface area contributed by atoms with Crippen molar-refractivity contribution in [2.45, 2.75) is 45.1 Å². The molecule has 2 heterocycles. The highest BCUT2D eigenvalue weighted by atomic mass is 35.5. The minimum atomic E-state index is 0. The maximum absolute atomic E-state index is 11.9. The Hall–Kier alpha value is -0.720. The van der Waals surface area contributed by atoms with Crippen molar-refractivity contribution in [1.82, 2.24) is 15.5 Å². The fraction of sp³-hybridized carbons (Fsp3) is 0.667. The number of anilines is 1. The maximum Gasteiger partial charge on any atom is 0.221 e. The fourth-order valence-corrected chi connectivity index (χ4v) is 3.97. The minimum absolute atomic E-state index is 0. The van der Waals surface area contributed by atoms with Crippen molar-refractivity contribution in [3.8, 4) is 0 Å². The van der Waals surface area contributed by atoms with Gasteiger partial charge in [0.1, 0.15) is 0 Å². The number of amides is 1. The summed E-state index contributed by atoms with van der Waals surface area (Å²) in [6, 6.07) is 9.20. The van der Waals surface area contributed by atoms with E-state index in [0.29, 0.717) is 12.5 Å². The van der Waals surface area contributed by atoms with Crippen LogP contribution in [0.5, 0.6) is 0 Å². The van der Waals surface area contributed by atoms with Gasteiger partial charge in [-0.2, -0.15) is 0 Å². The van der Waals surface area contributed by atoms with Gasteiger partial charge in [-0.15, -0.1) is 37.2 Å². The molecular formula is C21H37Cl3N4O. The zero-order valence-corrected chi connectivity index (χ0v) is 19.8. The number of piperazine rings is 1. The lowest BCUT2D eigenvalue weighted by atomic mass is 10.1. The molecule has 0 saturated carbocycles. The van der Waals surface area contributed by atoms with Crippen molar-refractivity contribution in [2.24, 2.45) is 0 Å². The number of benzene rings is 1. The summed E-state index contributed by atoms with van der Waals surface area (Å²) >= 11 is 0. The molecule has 1 aromatic rings. The molecule has 0 radical (unpaired) electrons. The Balaban J connectivity index is 0.00000261. The van der Waals surface area contributed by atoms with E-state index in [9.17, 15) is 4.79 Å². The first-order valence-electron chi connectivity index (χ1n) is 10.2. The van der Waals surface area contributed by atoms with Crippen LogP contribution in [-0.4, -0.2) is 62.7 Å². The molecule has 1 amide bonds. The van der Waals surface area contributed by atoms with Crippen molar-refractivity contribution >= 4 is 48.8 Å². The summed E-state index contributed by atoms with van der Waals surface area (Å²) in [5.74, 6) is 0.205. The molecule has 168 valence electrons. The van der Waals surface area contributed by atoms with Crippen LogP contribution in [0, 0.1) is 6.92 Å². The summed E-state index contributed by atoms with van der Waals surface area (Å²) in [6.07, 6.45) is 5.21. The van der Waals surface area contributed by atoms with E-state index >= 15 is 0 Å². The average Bonchev–Trinajstić information content (AvgIpc) is 3.15. The van der Waals surface area contributed by atoms with Gasteiger partial charge in [-0.1, -0.05) is 12.1 Å². The first-order valence-corrected chi connectivity index (χ1v) is 10.2. The van der Waals surface area contributed by atoms with Crippen molar-refractivity contribution in [2.75, 3.05) is 50.7 Å². The monoisotopic (exact) mass is 466 g/mol. The third-order valence-electron chi connectivity index (χ3n) is 5.56. The molecule has 0 spiro atoms. The molecule has 0 bridgehead atoms. The van der Waals surface area contributed by atoms with E-state index in [-0.39, 0.29) is 43.1 Å². The summed E-state index contributed by atoms with van der Waals surface area (Å²) < 4.78 is 0. The van der Waals surface area contributed by atoms with E-state index in [1.54, 1.807) is 0 Å². The van der Waals surface area contributed by atoms with Gasteiger partial charge in [0.2, 0.25) is 5.91 Å². The van der Waals surface area contributed by atoms with E-state index in [2.05, 4.69) is 51.6 Å². The average molecular weight is 468 g/mol. The summed E-state index contributed by atoms with van der Waals surface area (Å²) in [6.45, 7) is 9.65. The standard InChI is InChI=1S/C21H34N4O.3ClH/c1-18-6-4-8-20(16-18)25-14-12-24(13-15-25)11-3-2-9-23-21(26)17-19-7-5-10-22-19;;;/h4,6,8,16,19,22H,2-3,5,7,9-15,17H2,1H3,(H,23,26);3*1H. The Morgan fingerprint density at radius 1 is 1.14 bits per heavy atom. The Bertz CT molecular complexity index is 577. The molecule has 1 atom stereocenters. The SMILES string of the molecule is Cc1cccc(N2CCN(CCCCNC(=O)CC3CCCN3)CC2)c1.Cl.Cl.Cl. The zero-order valence-electron chi connectivity index (χ0n) is 17.4. The van der Waals surface area contributed by atoms with Crippen molar-refractivity contribution in [3.05, 3.63) is 29.8 Å². The number of halogens is 3. The van der Waals surface area contributed by atoms with Crippen molar-refractivity contribution < 1.29 is 4.79 Å². The highest BCUT2D eigenvalue weighted by Crippen LogP contribution is 2.17. The second-order valence-corrected chi connectivity index (χ2v) is 7.72. The van der Waals surface area contributed by atoms with Crippen LogP contribution in [0.1, 0.15) is 37.7 Å². The number of carbonyl (C=O) groups is 1. The smallest absolute Gasteiger partial charge is 0.221 e. The number of nitrogens with zero attached hydrogens (tertiary/aromatic N) is 2. The summed E-state index contributed by atoms with van der Waals surface area (Å²) in [7, 11) is 0. The van der Waals surface area contributed by atoms with Gasteiger partial charge in [-0.25, -0.2) is 0 Å². The largest absolute Gasteiger partial charge is 0.369 e. The van der Waals surface area contributed by atoms with Gasteiger partial charge < -0.3 is 15.5 Å². The molecule has 2 aliphatic rings.